The van der Waals surface area contributed by atoms with Crippen LogP contribution in [0.1, 0.15) is 26.5 Å². The van der Waals surface area contributed by atoms with Crippen molar-refractivity contribution in [3.8, 4) is 0 Å². The van der Waals surface area contributed by atoms with E-state index in [1.54, 1.807) is 51.3 Å². The standard InChI is InChI=1S/C20H23N3O3S/c1-5-9-22-17(25)13-23-18(12-16(24)20(2,3)4)27-15(19(23)26)11-14-8-6-7-10-21-14/h5-8,10-12H,1,9,13H2,2-4H3,(H,22,25)/b15-11-,18-12-. The first-order valence-electron chi connectivity index (χ1n) is 8.48. The zero-order valence-corrected chi connectivity index (χ0v) is 16.5. The Morgan fingerprint density at radius 1 is 1.33 bits per heavy atom. The summed E-state index contributed by atoms with van der Waals surface area (Å²) in [5.74, 6) is -0.439. The minimum Gasteiger partial charge on any atom is -0.351 e. The largest absolute Gasteiger partial charge is 0.351 e. The Hall–Kier alpha value is -2.80. The summed E-state index contributed by atoms with van der Waals surface area (Å²) in [5.41, 5.74) is -0.277. The monoisotopic (exact) mass is 385 g/mol. The molecular formula is C20H23N3O3S. The zero-order valence-electron chi connectivity index (χ0n) is 15.7. The van der Waals surface area contributed by atoms with Crippen molar-refractivity contribution in [3.63, 3.8) is 0 Å². The molecule has 0 aliphatic carbocycles. The molecule has 0 aliphatic heterocycles. The average Bonchev–Trinajstić information content (AvgIpc) is 2.89. The minimum atomic E-state index is -0.583. The lowest BCUT2D eigenvalue weighted by molar-refractivity contribution is -0.122. The van der Waals surface area contributed by atoms with Crippen LogP contribution in [0.2, 0.25) is 0 Å². The van der Waals surface area contributed by atoms with Crippen molar-refractivity contribution in [2.45, 2.75) is 27.3 Å². The van der Waals surface area contributed by atoms with E-state index in [-0.39, 0.29) is 23.8 Å². The molecule has 0 aromatic carbocycles. The Kier molecular flexibility index (Phi) is 6.63. The van der Waals surface area contributed by atoms with Crippen LogP contribution < -0.4 is 20.1 Å². The van der Waals surface area contributed by atoms with Crippen molar-refractivity contribution in [2.24, 2.45) is 5.41 Å². The molecule has 0 aliphatic rings. The van der Waals surface area contributed by atoms with E-state index in [1.165, 1.54) is 22.0 Å². The number of rotatable bonds is 6. The Bertz CT molecular complexity index is 1010. The van der Waals surface area contributed by atoms with Crippen LogP contribution in [0.5, 0.6) is 0 Å². The maximum absolute atomic E-state index is 12.8. The molecule has 2 aromatic heterocycles. The summed E-state index contributed by atoms with van der Waals surface area (Å²) < 4.78 is 2.18. The van der Waals surface area contributed by atoms with E-state index in [4.69, 9.17) is 0 Å². The third-order valence-corrected chi connectivity index (χ3v) is 4.70. The SMILES string of the molecule is C=CCNC(=O)Cn1c(=O)/c(=C/c2ccccn2)s/c1=C\C(=O)C(C)(C)C. The highest BCUT2D eigenvalue weighted by Gasteiger charge is 2.20. The topological polar surface area (TPSA) is 81.1 Å². The fraction of sp³-hybridized carbons (Fsp3) is 0.300. The molecule has 0 fully saturated rings. The molecule has 0 radical (unpaired) electrons. The predicted octanol–water partition coefficient (Wildman–Crippen LogP) is 0.832. The smallest absolute Gasteiger partial charge is 0.269 e. The van der Waals surface area contributed by atoms with Crippen LogP contribution in [0.3, 0.4) is 0 Å². The van der Waals surface area contributed by atoms with Gasteiger partial charge in [-0.3, -0.25) is 23.9 Å². The van der Waals surface area contributed by atoms with Crippen molar-refractivity contribution in [1.29, 1.82) is 0 Å². The number of carbonyl (C=O) groups excluding carboxylic acids is 2. The fourth-order valence-electron chi connectivity index (χ4n) is 2.10. The molecule has 0 bridgehead atoms. The van der Waals surface area contributed by atoms with Crippen LogP contribution in [0, 0.1) is 5.41 Å². The van der Waals surface area contributed by atoms with Crippen LogP contribution in [0.25, 0.3) is 12.2 Å². The van der Waals surface area contributed by atoms with E-state index >= 15 is 0 Å². The van der Waals surface area contributed by atoms with E-state index in [2.05, 4.69) is 16.9 Å². The van der Waals surface area contributed by atoms with Gasteiger partial charge in [-0.25, -0.2) is 0 Å². The summed E-state index contributed by atoms with van der Waals surface area (Å²) in [6.07, 6.45) is 6.29. The lowest BCUT2D eigenvalue weighted by atomic mass is 9.91. The number of Topliss-reactive ketones (excluding diaryl/α,β-unsaturated/α-hetero) is 1. The molecule has 7 heteroatoms. The number of ketones is 1. The minimum absolute atomic E-state index is 0.117. The second-order valence-corrected chi connectivity index (χ2v) is 8.01. The van der Waals surface area contributed by atoms with Gasteiger partial charge >= 0.3 is 0 Å². The highest BCUT2D eigenvalue weighted by molar-refractivity contribution is 7.07. The van der Waals surface area contributed by atoms with E-state index in [1.807, 2.05) is 6.07 Å². The van der Waals surface area contributed by atoms with E-state index in [0.29, 0.717) is 21.4 Å². The summed E-state index contributed by atoms with van der Waals surface area (Å²) in [6, 6.07) is 5.39. The van der Waals surface area contributed by atoms with Gasteiger partial charge in [-0.1, -0.05) is 32.9 Å². The second kappa shape index (κ2) is 8.73. The van der Waals surface area contributed by atoms with Gasteiger partial charge in [0.1, 0.15) is 11.2 Å². The van der Waals surface area contributed by atoms with Crippen LogP contribution in [0.15, 0.2) is 41.8 Å². The van der Waals surface area contributed by atoms with Crippen LogP contribution in [-0.4, -0.2) is 27.8 Å². The number of amides is 1. The highest BCUT2D eigenvalue weighted by Crippen LogP contribution is 2.14. The number of hydrogen-bond acceptors (Lipinski definition) is 5. The predicted molar refractivity (Wildman–Crippen MR) is 108 cm³/mol. The van der Waals surface area contributed by atoms with Crippen LogP contribution in [0.4, 0.5) is 0 Å². The first kappa shape index (κ1) is 20.5. The Morgan fingerprint density at radius 2 is 2.07 bits per heavy atom. The van der Waals surface area contributed by atoms with Crippen molar-refractivity contribution >= 4 is 35.2 Å². The third-order valence-electron chi connectivity index (χ3n) is 3.64. The molecule has 1 amide bonds. The summed E-state index contributed by atoms with van der Waals surface area (Å²) in [5, 5.41) is 2.64. The van der Waals surface area contributed by atoms with Crippen LogP contribution in [-0.2, 0) is 16.1 Å². The number of carbonyl (C=O) groups is 2. The molecule has 2 rings (SSSR count). The molecule has 0 spiro atoms. The van der Waals surface area contributed by atoms with Gasteiger partial charge in [0.2, 0.25) is 5.91 Å². The van der Waals surface area contributed by atoms with E-state index < -0.39 is 5.41 Å². The number of nitrogens with one attached hydrogen (secondary N) is 1. The van der Waals surface area contributed by atoms with Crippen molar-refractivity contribution in [1.82, 2.24) is 14.9 Å². The fourth-order valence-corrected chi connectivity index (χ4v) is 3.13. The number of aromatic nitrogens is 2. The Balaban J connectivity index is 2.58. The number of hydrogen-bond donors (Lipinski definition) is 1. The maximum atomic E-state index is 12.8. The molecule has 27 heavy (non-hydrogen) atoms. The van der Waals surface area contributed by atoms with Gasteiger partial charge in [-0.2, -0.15) is 0 Å². The number of pyridine rings is 1. The van der Waals surface area contributed by atoms with Gasteiger partial charge in [0.05, 0.1) is 10.2 Å². The summed E-state index contributed by atoms with van der Waals surface area (Å²) in [6.45, 7) is 9.11. The average molecular weight is 385 g/mol. The molecule has 2 aromatic rings. The first-order chi connectivity index (χ1) is 12.7. The molecule has 2 heterocycles. The van der Waals surface area contributed by atoms with Gasteiger partial charge in [-0.05, 0) is 18.2 Å². The van der Waals surface area contributed by atoms with Gasteiger partial charge in [0.15, 0.2) is 5.78 Å². The first-order valence-corrected chi connectivity index (χ1v) is 9.30. The Morgan fingerprint density at radius 3 is 2.67 bits per heavy atom. The molecule has 0 saturated heterocycles. The number of thiazole rings is 1. The van der Waals surface area contributed by atoms with E-state index in [9.17, 15) is 14.4 Å². The molecule has 1 N–H and O–H groups in total. The second-order valence-electron chi connectivity index (χ2n) is 6.95. The lowest BCUT2D eigenvalue weighted by Crippen LogP contribution is -2.38. The maximum Gasteiger partial charge on any atom is 0.269 e. The van der Waals surface area contributed by atoms with Gasteiger partial charge in [0.25, 0.3) is 5.56 Å². The number of nitrogens with zero attached hydrogens (tertiary/aromatic N) is 2. The summed E-state index contributed by atoms with van der Waals surface area (Å²) in [7, 11) is 0. The normalized spacial score (nSPS) is 12.9. The van der Waals surface area contributed by atoms with Gasteiger partial charge in [-0.15, -0.1) is 17.9 Å². The Labute approximate surface area is 161 Å². The molecule has 0 saturated carbocycles. The van der Waals surface area contributed by atoms with Crippen molar-refractivity contribution in [3.05, 3.63) is 62.3 Å². The quantitative estimate of drug-likeness (QED) is 0.747. The summed E-state index contributed by atoms with van der Waals surface area (Å²) in [4.78, 5) is 41.5. The van der Waals surface area contributed by atoms with Gasteiger partial charge in [0, 0.05) is 24.2 Å². The summed E-state index contributed by atoms with van der Waals surface area (Å²) >= 11 is 1.17. The highest BCUT2D eigenvalue weighted by atomic mass is 32.1. The molecule has 0 atom stereocenters. The van der Waals surface area contributed by atoms with Crippen molar-refractivity contribution < 1.29 is 9.59 Å². The van der Waals surface area contributed by atoms with Crippen LogP contribution >= 0.6 is 11.3 Å². The third kappa shape index (κ3) is 5.59. The van der Waals surface area contributed by atoms with Crippen molar-refractivity contribution in [2.75, 3.05) is 6.54 Å². The zero-order chi connectivity index (χ0) is 20.0. The lowest BCUT2D eigenvalue weighted by Gasteiger charge is -2.12. The molecular weight excluding hydrogens is 362 g/mol. The van der Waals surface area contributed by atoms with Gasteiger partial charge < -0.3 is 5.32 Å². The molecule has 0 unspecified atom stereocenters. The molecule has 142 valence electrons. The van der Waals surface area contributed by atoms with E-state index in [0.717, 1.165) is 0 Å². The molecule has 6 nitrogen and oxygen atoms in total.